The summed E-state index contributed by atoms with van der Waals surface area (Å²) in [6, 6.07) is 0. The molecule has 0 aromatic heterocycles. The maximum absolute atomic E-state index is 11.8. The van der Waals surface area contributed by atoms with Crippen LogP contribution in [0.2, 0.25) is 0 Å². The molecule has 0 heterocycles. The Morgan fingerprint density at radius 1 is 1.43 bits per heavy atom. The van der Waals surface area contributed by atoms with E-state index in [2.05, 4.69) is 0 Å². The van der Waals surface area contributed by atoms with Gasteiger partial charge in [0.1, 0.15) is 0 Å². The lowest BCUT2D eigenvalue weighted by Gasteiger charge is -2.28. The third-order valence-electron chi connectivity index (χ3n) is 1.52. The topological polar surface area (TPSA) is 17.1 Å². The van der Waals surface area contributed by atoms with E-state index >= 15 is 0 Å². The van der Waals surface area contributed by atoms with Gasteiger partial charge in [0.15, 0.2) is 5.78 Å². The molecule has 0 aliphatic carbocycles. The SMILES string of the molecule is CC(Cl)SC(Cl)(Cl)C(=O)C(C)(C)CCl. The molecule has 1 unspecified atom stereocenters. The van der Waals surface area contributed by atoms with Crippen LogP contribution in [0.1, 0.15) is 20.8 Å². The molecular formula is C8H12Cl4OS. The molecule has 0 aromatic carbocycles. The Labute approximate surface area is 109 Å². The highest BCUT2D eigenvalue weighted by molar-refractivity contribution is 8.05. The molecule has 1 atom stereocenters. The third kappa shape index (κ3) is 4.36. The van der Waals surface area contributed by atoms with Crippen LogP contribution < -0.4 is 0 Å². The van der Waals surface area contributed by atoms with Gasteiger partial charge in [-0.05, 0) is 6.92 Å². The normalized spacial score (nSPS) is 15.4. The van der Waals surface area contributed by atoms with Crippen molar-refractivity contribution in [2.24, 2.45) is 5.41 Å². The van der Waals surface area contributed by atoms with Gasteiger partial charge in [-0.3, -0.25) is 4.79 Å². The maximum atomic E-state index is 11.8. The predicted octanol–water partition coefficient (Wildman–Crippen LogP) is 4.27. The van der Waals surface area contributed by atoms with Gasteiger partial charge < -0.3 is 0 Å². The Morgan fingerprint density at radius 2 is 1.86 bits per heavy atom. The van der Waals surface area contributed by atoms with Crippen LogP contribution in [0.15, 0.2) is 0 Å². The number of alkyl halides is 4. The van der Waals surface area contributed by atoms with Gasteiger partial charge in [-0.1, -0.05) is 48.8 Å². The molecule has 0 spiro atoms. The first-order valence-electron chi connectivity index (χ1n) is 3.94. The minimum atomic E-state index is -1.53. The van der Waals surface area contributed by atoms with Crippen molar-refractivity contribution in [1.29, 1.82) is 0 Å². The Hall–Kier alpha value is 1.18. The van der Waals surface area contributed by atoms with Gasteiger partial charge >= 0.3 is 0 Å². The van der Waals surface area contributed by atoms with Crippen molar-refractivity contribution in [3.05, 3.63) is 0 Å². The van der Waals surface area contributed by atoms with Crippen LogP contribution in [0.3, 0.4) is 0 Å². The lowest BCUT2D eigenvalue weighted by Crippen LogP contribution is -2.38. The molecule has 0 saturated carbocycles. The smallest absolute Gasteiger partial charge is 0.223 e. The molecular weight excluding hydrogens is 286 g/mol. The molecule has 0 aliphatic rings. The van der Waals surface area contributed by atoms with Gasteiger partial charge in [0.05, 0.1) is 4.71 Å². The van der Waals surface area contributed by atoms with Gasteiger partial charge in [0.2, 0.25) is 3.67 Å². The van der Waals surface area contributed by atoms with Gasteiger partial charge in [-0.25, -0.2) is 0 Å². The molecule has 0 aliphatic heterocycles. The zero-order valence-electron chi connectivity index (χ0n) is 8.11. The second-order valence-corrected chi connectivity index (χ2v) is 8.04. The van der Waals surface area contributed by atoms with Crippen LogP contribution in [0.25, 0.3) is 0 Å². The number of ketones is 1. The summed E-state index contributed by atoms with van der Waals surface area (Å²) in [6.45, 7) is 5.09. The van der Waals surface area contributed by atoms with Crippen LogP contribution in [0.5, 0.6) is 0 Å². The Balaban J connectivity index is 4.66. The van der Waals surface area contributed by atoms with Crippen LogP contribution in [0, 0.1) is 5.41 Å². The van der Waals surface area contributed by atoms with Crippen LogP contribution >= 0.6 is 58.2 Å². The first-order chi connectivity index (χ1) is 6.13. The summed E-state index contributed by atoms with van der Waals surface area (Å²) >= 11 is 24.1. The minimum absolute atomic E-state index is 0.171. The van der Waals surface area contributed by atoms with Crippen molar-refractivity contribution in [2.75, 3.05) is 5.88 Å². The van der Waals surface area contributed by atoms with E-state index in [4.69, 9.17) is 46.4 Å². The number of Topliss-reactive ketones (excluding diaryl/α,β-unsaturated/α-hetero) is 1. The summed E-state index contributed by atoms with van der Waals surface area (Å²) in [5, 5.41) is 0. The Kier molecular flexibility index (Phi) is 5.95. The highest BCUT2D eigenvalue weighted by Gasteiger charge is 2.44. The van der Waals surface area contributed by atoms with Gasteiger partial charge in [-0.15, -0.1) is 23.2 Å². The lowest BCUT2D eigenvalue weighted by atomic mass is 9.91. The molecule has 0 rings (SSSR count). The average Bonchev–Trinajstić information content (AvgIpc) is 2.00. The monoisotopic (exact) mass is 296 g/mol. The van der Waals surface area contributed by atoms with E-state index in [0.29, 0.717) is 0 Å². The highest BCUT2D eigenvalue weighted by atomic mass is 35.5. The number of hydrogen-bond donors (Lipinski definition) is 0. The van der Waals surface area contributed by atoms with E-state index in [1.807, 2.05) is 0 Å². The van der Waals surface area contributed by atoms with E-state index in [-0.39, 0.29) is 16.4 Å². The molecule has 0 saturated heterocycles. The summed E-state index contributed by atoms with van der Waals surface area (Å²) in [4.78, 5) is 11.8. The first-order valence-corrected chi connectivity index (χ1v) is 6.54. The zero-order chi connectivity index (χ0) is 11.6. The Morgan fingerprint density at radius 3 is 2.14 bits per heavy atom. The molecule has 0 N–H and O–H groups in total. The minimum Gasteiger partial charge on any atom is -0.295 e. The third-order valence-corrected chi connectivity index (χ3v) is 4.14. The number of rotatable bonds is 5. The van der Waals surface area contributed by atoms with Crippen LogP contribution in [0.4, 0.5) is 0 Å². The van der Waals surface area contributed by atoms with E-state index in [1.54, 1.807) is 20.8 Å². The van der Waals surface area contributed by atoms with Crippen molar-refractivity contribution in [1.82, 2.24) is 0 Å². The van der Waals surface area contributed by atoms with E-state index in [1.165, 1.54) is 0 Å². The molecule has 0 radical (unpaired) electrons. The second-order valence-electron chi connectivity index (χ2n) is 3.52. The van der Waals surface area contributed by atoms with Crippen LogP contribution in [-0.4, -0.2) is 20.0 Å². The fourth-order valence-corrected chi connectivity index (χ4v) is 3.61. The predicted molar refractivity (Wildman–Crippen MR) is 66.9 cm³/mol. The molecule has 0 amide bonds. The lowest BCUT2D eigenvalue weighted by molar-refractivity contribution is -0.125. The van der Waals surface area contributed by atoms with Gasteiger partial charge in [0.25, 0.3) is 0 Å². The molecule has 14 heavy (non-hydrogen) atoms. The van der Waals surface area contributed by atoms with Crippen molar-refractivity contribution in [2.45, 2.75) is 29.1 Å². The quantitative estimate of drug-likeness (QED) is 0.705. The number of thioether (sulfide) groups is 1. The van der Waals surface area contributed by atoms with E-state index in [0.717, 1.165) is 11.8 Å². The van der Waals surface area contributed by atoms with Crippen molar-refractivity contribution in [3.8, 4) is 0 Å². The van der Waals surface area contributed by atoms with Crippen molar-refractivity contribution < 1.29 is 4.79 Å². The zero-order valence-corrected chi connectivity index (χ0v) is 12.0. The van der Waals surface area contributed by atoms with Crippen LogP contribution in [-0.2, 0) is 4.79 Å². The van der Waals surface area contributed by atoms with E-state index < -0.39 is 9.08 Å². The molecule has 84 valence electrons. The standard InChI is InChI=1S/C8H12Cl4OS/c1-5(10)14-8(11,12)6(13)7(2,3)4-9/h5H,4H2,1-3H3. The van der Waals surface area contributed by atoms with Gasteiger partial charge in [-0.2, -0.15) is 0 Å². The number of hydrogen-bond acceptors (Lipinski definition) is 2. The van der Waals surface area contributed by atoms with Crippen molar-refractivity contribution >= 4 is 63.9 Å². The number of carbonyl (C=O) groups excluding carboxylic acids is 1. The fourth-order valence-electron chi connectivity index (χ4n) is 0.712. The summed E-state index contributed by atoms with van der Waals surface area (Å²) in [5.74, 6) is -0.148. The van der Waals surface area contributed by atoms with Crippen molar-refractivity contribution in [3.63, 3.8) is 0 Å². The molecule has 6 heteroatoms. The van der Waals surface area contributed by atoms with E-state index in [9.17, 15) is 4.79 Å². The first kappa shape index (κ1) is 15.2. The summed E-state index contributed by atoms with van der Waals surface area (Å²) in [6.07, 6.45) is 0. The average molecular weight is 298 g/mol. The fraction of sp³-hybridized carbons (Fsp3) is 0.875. The number of carbonyl (C=O) groups is 1. The molecule has 0 aromatic rings. The molecule has 1 nitrogen and oxygen atoms in total. The number of halogens is 4. The summed E-state index contributed by atoms with van der Waals surface area (Å²) in [7, 11) is 0. The molecule has 0 bridgehead atoms. The van der Waals surface area contributed by atoms with Gasteiger partial charge in [0, 0.05) is 11.3 Å². The summed E-state index contributed by atoms with van der Waals surface area (Å²) < 4.78 is -1.86. The maximum Gasteiger partial charge on any atom is 0.223 e. The summed E-state index contributed by atoms with van der Waals surface area (Å²) in [5.41, 5.74) is -0.746. The highest BCUT2D eigenvalue weighted by Crippen LogP contribution is 2.44. The largest absolute Gasteiger partial charge is 0.295 e. The second kappa shape index (κ2) is 5.49. The molecule has 0 fully saturated rings. The Bertz CT molecular complexity index is 215.